The summed E-state index contributed by atoms with van der Waals surface area (Å²) in [7, 11) is 0. The fraction of sp³-hybridized carbons (Fsp3) is 0.562. The molecule has 1 aliphatic heterocycles. The first kappa shape index (κ1) is 14.1. The second-order valence-electron chi connectivity index (χ2n) is 6.18. The van der Waals surface area contributed by atoms with Crippen LogP contribution in [-0.4, -0.2) is 17.6 Å². The van der Waals surface area contributed by atoms with Crippen molar-refractivity contribution in [3.05, 3.63) is 35.4 Å². The van der Waals surface area contributed by atoms with E-state index in [1.807, 2.05) is 20.8 Å². The molecule has 0 saturated carbocycles. The molecule has 0 radical (unpaired) electrons. The van der Waals surface area contributed by atoms with Gasteiger partial charge in [0, 0.05) is 19.0 Å². The van der Waals surface area contributed by atoms with Crippen LogP contribution in [0.4, 0.5) is 0 Å². The minimum Gasteiger partial charge on any atom is -0.460 e. The van der Waals surface area contributed by atoms with Crippen LogP contribution >= 0.6 is 0 Å². The van der Waals surface area contributed by atoms with Crippen LogP contribution in [0, 0.1) is 0 Å². The van der Waals surface area contributed by atoms with Gasteiger partial charge < -0.3 is 10.1 Å². The fourth-order valence-corrected chi connectivity index (χ4v) is 2.41. The monoisotopic (exact) mass is 261 g/mol. The topological polar surface area (TPSA) is 38.3 Å². The summed E-state index contributed by atoms with van der Waals surface area (Å²) >= 11 is 0. The number of rotatable bonds is 3. The Morgan fingerprint density at radius 2 is 2.00 bits per heavy atom. The highest BCUT2D eigenvalue weighted by Gasteiger charge is 2.20. The number of fused-ring (bicyclic) bond motifs is 1. The van der Waals surface area contributed by atoms with Crippen molar-refractivity contribution in [2.45, 2.75) is 58.2 Å². The van der Waals surface area contributed by atoms with Crippen LogP contribution in [0.3, 0.4) is 0 Å². The number of carbonyl (C=O) groups excluding carboxylic acids is 1. The molecule has 3 nitrogen and oxygen atoms in total. The first-order valence-corrected chi connectivity index (χ1v) is 6.96. The largest absolute Gasteiger partial charge is 0.460 e. The summed E-state index contributed by atoms with van der Waals surface area (Å²) in [6.45, 7) is 6.61. The van der Waals surface area contributed by atoms with Gasteiger partial charge in [-0.15, -0.1) is 0 Å². The van der Waals surface area contributed by atoms with Crippen molar-refractivity contribution < 1.29 is 9.53 Å². The second-order valence-corrected chi connectivity index (χ2v) is 6.18. The van der Waals surface area contributed by atoms with E-state index in [0.717, 1.165) is 19.4 Å². The third kappa shape index (κ3) is 4.35. The molecule has 1 heterocycles. The predicted octanol–water partition coefficient (Wildman–Crippen LogP) is 2.82. The van der Waals surface area contributed by atoms with E-state index >= 15 is 0 Å². The molecule has 0 spiro atoms. The number of hydrogen-bond acceptors (Lipinski definition) is 3. The van der Waals surface area contributed by atoms with Crippen molar-refractivity contribution in [2.75, 3.05) is 0 Å². The zero-order valence-corrected chi connectivity index (χ0v) is 12.0. The van der Waals surface area contributed by atoms with E-state index in [1.54, 1.807) is 0 Å². The van der Waals surface area contributed by atoms with Gasteiger partial charge in [-0.05, 0) is 44.7 Å². The van der Waals surface area contributed by atoms with E-state index in [2.05, 4.69) is 29.6 Å². The highest BCUT2D eigenvalue weighted by molar-refractivity contribution is 5.69. The van der Waals surface area contributed by atoms with Crippen molar-refractivity contribution in [1.29, 1.82) is 0 Å². The quantitative estimate of drug-likeness (QED) is 0.850. The van der Waals surface area contributed by atoms with E-state index in [-0.39, 0.29) is 11.6 Å². The number of nitrogens with one attached hydrogen (secondary N) is 1. The third-order valence-corrected chi connectivity index (χ3v) is 3.28. The second kappa shape index (κ2) is 5.74. The van der Waals surface area contributed by atoms with Crippen molar-refractivity contribution in [1.82, 2.24) is 5.32 Å². The Morgan fingerprint density at radius 3 is 2.68 bits per heavy atom. The molecule has 1 unspecified atom stereocenters. The Balaban J connectivity index is 1.81. The maximum atomic E-state index is 11.7. The molecule has 0 saturated heterocycles. The average molecular weight is 261 g/mol. The minimum absolute atomic E-state index is 0.104. The van der Waals surface area contributed by atoms with Crippen molar-refractivity contribution in [2.24, 2.45) is 0 Å². The van der Waals surface area contributed by atoms with Gasteiger partial charge in [0.1, 0.15) is 5.60 Å². The van der Waals surface area contributed by atoms with Gasteiger partial charge in [0.05, 0.1) is 0 Å². The summed E-state index contributed by atoms with van der Waals surface area (Å²) < 4.78 is 5.33. The summed E-state index contributed by atoms with van der Waals surface area (Å²) in [5.74, 6) is -0.104. The maximum absolute atomic E-state index is 11.7. The van der Waals surface area contributed by atoms with Gasteiger partial charge in [-0.3, -0.25) is 4.79 Å². The summed E-state index contributed by atoms with van der Waals surface area (Å²) in [5, 5.41) is 3.49. The van der Waals surface area contributed by atoms with E-state index in [9.17, 15) is 4.79 Å². The van der Waals surface area contributed by atoms with Crippen LogP contribution in [-0.2, 0) is 22.5 Å². The van der Waals surface area contributed by atoms with Gasteiger partial charge in [-0.1, -0.05) is 24.3 Å². The third-order valence-electron chi connectivity index (χ3n) is 3.28. The maximum Gasteiger partial charge on any atom is 0.306 e. The molecule has 0 fully saturated rings. The number of esters is 1. The van der Waals surface area contributed by atoms with Crippen LogP contribution in [0.15, 0.2) is 24.3 Å². The number of hydrogen-bond donors (Lipinski definition) is 1. The first-order chi connectivity index (χ1) is 8.94. The summed E-state index contributed by atoms with van der Waals surface area (Å²) in [4.78, 5) is 11.7. The lowest BCUT2D eigenvalue weighted by Crippen LogP contribution is -2.36. The summed E-state index contributed by atoms with van der Waals surface area (Å²) in [6.07, 6.45) is 2.32. The van der Waals surface area contributed by atoms with Crippen LogP contribution in [0.25, 0.3) is 0 Å². The van der Waals surface area contributed by atoms with Gasteiger partial charge in [0.15, 0.2) is 0 Å². The molecule has 1 N–H and O–H groups in total. The molecule has 1 aromatic carbocycles. The van der Waals surface area contributed by atoms with E-state index in [1.165, 1.54) is 11.1 Å². The molecular formula is C16H23NO2. The summed E-state index contributed by atoms with van der Waals surface area (Å²) in [6, 6.07) is 8.86. The molecule has 104 valence electrons. The number of ether oxygens (including phenoxy) is 1. The Hall–Kier alpha value is -1.35. The molecule has 0 aliphatic carbocycles. The fourth-order valence-electron chi connectivity index (χ4n) is 2.41. The zero-order chi connectivity index (χ0) is 13.9. The first-order valence-electron chi connectivity index (χ1n) is 6.96. The van der Waals surface area contributed by atoms with Gasteiger partial charge in [0.2, 0.25) is 0 Å². The number of benzene rings is 1. The van der Waals surface area contributed by atoms with Crippen LogP contribution in [0.5, 0.6) is 0 Å². The van der Waals surface area contributed by atoms with Gasteiger partial charge in [-0.25, -0.2) is 0 Å². The van der Waals surface area contributed by atoms with E-state index < -0.39 is 0 Å². The SMILES string of the molecule is CC(C)(C)OC(=O)CCC1Cc2ccccc2CN1. The Labute approximate surface area is 115 Å². The van der Waals surface area contributed by atoms with Gasteiger partial charge in [-0.2, -0.15) is 0 Å². The van der Waals surface area contributed by atoms with Crippen LogP contribution in [0.2, 0.25) is 0 Å². The molecule has 0 amide bonds. The van der Waals surface area contributed by atoms with Crippen molar-refractivity contribution in [3.63, 3.8) is 0 Å². The highest BCUT2D eigenvalue weighted by atomic mass is 16.6. The Bertz CT molecular complexity index is 448. The normalized spacial score (nSPS) is 18.8. The van der Waals surface area contributed by atoms with Crippen LogP contribution < -0.4 is 5.32 Å². The lowest BCUT2D eigenvalue weighted by Gasteiger charge is -2.26. The Morgan fingerprint density at radius 1 is 1.32 bits per heavy atom. The predicted molar refractivity (Wildman–Crippen MR) is 75.9 cm³/mol. The van der Waals surface area contributed by atoms with Crippen LogP contribution in [0.1, 0.15) is 44.7 Å². The average Bonchev–Trinajstić information content (AvgIpc) is 2.34. The van der Waals surface area contributed by atoms with Gasteiger partial charge in [0.25, 0.3) is 0 Å². The Kier molecular flexibility index (Phi) is 4.25. The lowest BCUT2D eigenvalue weighted by atomic mass is 9.93. The molecule has 1 aromatic rings. The lowest BCUT2D eigenvalue weighted by molar-refractivity contribution is -0.155. The molecule has 3 heteroatoms. The minimum atomic E-state index is -0.385. The number of carbonyl (C=O) groups is 1. The molecule has 1 atom stereocenters. The standard InChI is InChI=1S/C16H23NO2/c1-16(2,3)19-15(18)9-8-14-10-12-6-4-5-7-13(12)11-17-14/h4-7,14,17H,8-11H2,1-3H3. The molecule has 19 heavy (non-hydrogen) atoms. The van der Waals surface area contributed by atoms with Crippen molar-refractivity contribution >= 4 is 5.97 Å². The molecule has 2 rings (SSSR count). The van der Waals surface area contributed by atoms with Crippen molar-refractivity contribution in [3.8, 4) is 0 Å². The van der Waals surface area contributed by atoms with E-state index in [4.69, 9.17) is 4.74 Å². The smallest absolute Gasteiger partial charge is 0.306 e. The molecule has 0 bridgehead atoms. The highest BCUT2D eigenvalue weighted by Crippen LogP contribution is 2.19. The zero-order valence-electron chi connectivity index (χ0n) is 12.0. The molecule has 0 aromatic heterocycles. The molecule has 1 aliphatic rings. The van der Waals surface area contributed by atoms with E-state index in [0.29, 0.717) is 12.5 Å². The molecular weight excluding hydrogens is 238 g/mol. The summed E-state index contributed by atoms with van der Waals surface area (Å²) in [5.41, 5.74) is 2.38. The van der Waals surface area contributed by atoms with Gasteiger partial charge >= 0.3 is 5.97 Å².